The molecule has 0 bridgehead atoms. The summed E-state index contributed by atoms with van der Waals surface area (Å²) in [6.45, 7) is 0. The maximum atomic E-state index is 3.33. The second-order valence-electron chi connectivity index (χ2n) is 9.68. The van der Waals surface area contributed by atoms with E-state index in [0.29, 0.717) is 0 Å². The van der Waals surface area contributed by atoms with Crippen LogP contribution in [0.4, 0.5) is 0 Å². The van der Waals surface area contributed by atoms with Crippen molar-refractivity contribution >= 4 is 43.6 Å². The third-order valence-electron chi connectivity index (χ3n) is 7.60. The lowest BCUT2D eigenvalue weighted by molar-refractivity contribution is 1.18. The third kappa shape index (κ3) is 3.03. The summed E-state index contributed by atoms with van der Waals surface area (Å²) in [6.07, 6.45) is 0. The second kappa shape index (κ2) is 8.13. The lowest BCUT2D eigenvalue weighted by Crippen LogP contribution is -1.94. The van der Waals surface area contributed by atoms with Gasteiger partial charge in [-0.1, -0.05) is 84.9 Å². The van der Waals surface area contributed by atoms with Crippen LogP contribution in [-0.2, 0) is 0 Å². The number of nitrogens with zero attached hydrogens (tertiary/aromatic N) is 2. The predicted octanol–water partition coefficient (Wildman–Crippen LogP) is 9.15. The minimum Gasteiger partial charge on any atom is -0.309 e. The molecule has 8 rings (SSSR count). The van der Waals surface area contributed by atoms with Gasteiger partial charge in [-0.25, -0.2) is 0 Å². The fraction of sp³-hybridized carbons (Fsp3) is 0. The fourth-order valence-electron chi connectivity index (χ4n) is 5.87. The van der Waals surface area contributed by atoms with Crippen molar-refractivity contribution in [1.29, 1.82) is 0 Å². The summed E-state index contributed by atoms with van der Waals surface area (Å²) in [4.78, 5) is 0. The normalized spacial score (nSPS) is 11.5. The van der Waals surface area contributed by atoms with Crippen LogP contribution in [0.3, 0.4) is 0 Å². The first-order valence-corrected chi connectivity index (χ1v) is 12.9. The Hall–Kier alpha value is -5.26. The zero-order valence-electron chi connectivity index (χ0n) is 20.6. The van der Waals surface area contributed by atoms with E-state index >= 15 is 0 Å². The molecule has 0 fully saturated rings. The van der Waals surface area contributed by atoms with Gasteiger partial charge in [-0.3, -0.25) is 0 Å². The molecule has 2 heterocycles. The molecule has 0 atom stereocenters. The lowest BCUT2D eigenvalue weighted by atomic mass is 10.0. The van der Waals surface area contributed by atoms with Crippen LogP contribution in [0.1, 0.15) is 0 Å². The molecule has 0 aliphatic heterocycles. The Labute approximate surface area is 220 Å². The highest BCUT2D eigenvalue weighted by Gasteiger charge is 2.13. The summed E-state index contributed by atoms with van der Waals surface area (Å²) in [5, 5.41) is 4.99. The van der Waals surface area contributed by atoms with Gasteiger partial charge in [0.05, 0.1) is 16.6 Å². The van der Waals surface area contributed by atoms with Crippen molar-refractivity contribution in [2.24, 2.45) is 0 Å². The largest absolute Gasteiger partial charge is 0.309 e. The Morgan fingerprint density at radius 2 is 0.842 bits per heavy atom. The second-order valence-corrected chi connectivity index (χ2v) is 9.68. The topological polar surface area (TPSA) is 9.86 Å². The standard InChI is InChI=1S/C36H22N2/c1-5-13-33-29(9-1)30-10-2-6-14-34(30)37(33)27-21-17-25(18-22-27)26-19-23-28(24-20-26)38-35-15-7-3-11-31(35)32-12-4-8-16-36(32)38/h1-7,9-15,17-24H. The molecule has 2 aromatic heterocycles. The molecule has 2 nitrogen and oxygen atoms in total. The zero-order chi connectivity index (χ0) is 25.1. The number of hydrogen-bond donors (Lipinski definition) is 0. The molecule has 8 aromatic rings. The predicted molar refractivity (Wildman–Crippen MR) is 158 cm³/mol. The van der Waals surface area contributed by atoms with Crippen LogP contribution in [0.25, 0.3) is 66.1 Å². The van der Waals surface area contributed by atoms with E-state index in [9.17, 15) is 0 Å². The summed E-state index contributed by atoms with van der Waals surface area (Å²) in [5.74, 6) is 0. The molecule has 0 unspecified atom stereocenters. The highest BCUT2D eigenvalue weighted by Crippen LogP contribution is 2.34. The number of aromatic nitrogens is 2. The first-order chi connectivity index (χ1) is 18.9. The molecule has 6 aromatic carbocycles. The van der Waals surface area contributed by atoms with Gasteiger partial charge in [0.1, 0.15) is 5.52 Å². The fourth-order valence-corrected chi connectivity index (χ4v) is 5.87. The van der Waals surface area contributed by atoms with Gasteiger partial charge >= 0.3 is 0 Å². The van der Waals surface area contributed by atoms with Crippen molar-refractivity contribution in [3.05, 3.63) is 146 Å². The van der Waals surface area contributed by atoms with Crippen LogP contribution in [0.5, 0.6) is 0 Å². The Morgan fingerprint density at radius 3 is 1.39 bits per heavy atom. The maximum Gasteiger partial charge on any atom is 0.105 e. The van der Waals surface area contributed by atoms with E-state index in [1.54, 1.807) is 0 Å². The van der Waals surface area contributed by atoms with Gasteiger partial charge in [0.15, 0.2) is 0 Å². The number of para-hydroxylation sites is 3. The number of rotatable bonds is 3. The minimum atomic E-state index is 1.05. The van der Waals surface area contributed by atoms with Crippen LogP contribution in [0.2, 0.25) is 0 Å². The molecule has 2 heteroatoms. The van der Waals surface area contributed by atoms with Crippen molar-refractivity contribution < 1.29 is 0 Å². The Bertz CT molecular complexity index is 1840. The lowest BCUT2D eigenvalue weighted by Gasteiger charge is -2.11. The van der Waals surface area contributed by atoms with Crippen LogP contribution in [0, 0.1) is 12.1 Å². The third-order valence-corrected chi connectivity index (χ3v) is 7.60. The zero-order valence-corrected chi connectivity index (χ0v) is 20.6. The van der Waals surface area contributed by atoms with Gasteiger partial charge in [0, 0.05) is 32.9 Å². The van der Waals surface area contributed by atoms with Crippen LogP contribution in [0.15, 0.2) is 133 Å². The van der Waals surface area contributed by atoms with Crippen molar-refractivity contribution in [3.8, 4) is 22.5 Å². The number of hydrogen-bond acceptors (Lipinski definition) is 0. The van der Waals surface area contributed by atoms with E-state index in [0.717, 1.165) is 11.2 Å². The van der Waals surface area contributed by atoms with Gasteiger partial charge in [0.25, 0.3) is 0 Å². The first kappa shape index (κ1) is 20.9. The first-order valence-electron chi connectivity index (χ1n) is 12.9. The van der Waals surface area contributed by atoms with Crippen molar-refractivity contribution in [1.82, 2.24) is 9.13 Å². The van der Waals surface area contributed by atoms with Gasteiger partial charge in [-0.05, 0) is 71.8 Å². The van der Waals surface area contributed by atoms with Gasteiger partial charge in [-0.15, -0.1) is 0 Å². The highest BCUT2D eigenvalue weighted by atomic mass is 15.0. The molecule has 0 aliphatic carbocycles. The van der Waals surface area contributed by atoms with E-state index in [1.165, 1.54) is 54.9 Å². The van der Waals surface area contributed by atoms with Crippen molar-refractivity contribution in [2.45, 2.75) is 0 Å². The van der Waals surface area contributed by atoms with Gasteiger partial charge in [0.2, 0.25) is 0 Å². The van der Waals surface area contributed by atoms with E-state index in [-0.39, 0.29) is 0 Å². The molecule has 0 saturated carbocycles. The molecule has 0 N–H and O–H groups in total. The molecule has 0 saturated heterocycles. The quantitative estimate of drug-likeness (QED) is 0.238. The van der Waals surface area contributed by atoms with Crippen molar-refractivity contribution in [3.63, 3.8) is 0 Å². The van der Waals surface area contributed by atoms with E-state index < -0.39 is 0 Å². The average molecular weight is 483 g/mol. The molecular weight excluding hydrogens is 460 g/mol. The van der Waals surface area contributed by atoms with E-state index in [4.69, 9.17) is 0 Å². The minimum absolute atomic E-state index is 1.05. The van der Waals surface area contributed by atoms with E-state index in [2.05, 4.69) is 149 Å². The van der Waals surface area contributed by atoms with Crippen LogP contribution >= 0.6 is 0 Å². The summed E-state index contributed by atoms with van der Waals surface area (Å²) < 4.78 is 4.63. The molecule has 0 aliphatic rings. The highest BCUT2D eigenvalue weighted by molar-refractivity contribution is 6.09. The number of benzene rings is 5. The molecule has 0 spiro atoms. The Morgan fingerprint density at radius 1 is 0.395 bits per heavy atom. The SMILES string of the molecule is c1ccc2c3ccccc3n(-c3ccc(-c4ccc(-n5c6ccccc6c6ccccc65)cc4)cc3)c2c#1. The van der Waals surface area contributed by atoms with Crippen molar-refractivity contribution in [2.75, 3.05) is 0 Å². The monoisotopic (exact) mass is 482 g/mol. The summed E-state index contributed by atoms with van der Waals surface area (Å²) >= 11 is 0. The molecular formula is C36H22N2. The van der Waals surface area contributed by atoms with Crippen LogP contribution < -0.4 is 0 Å². The number of fused-ring (bicyclic) bond motifs is 6. The molecule has 0 amide bonds. The smallest absolute Gasteiger partial charge is 0.105 e. The Balaban J connectivity index is 1.20. The molecule has 176 valence electrons. The average Bonchev–Trinajstić information content (AvgIpc) is 3.51. The summed E-state index contributed by atoms with van der Waals surface area (Å²) in [6, 6.07) is 54.0. The summed E-state index contributed by atoms with van der Waals surface area (Å²) in [5.41, 5.74) is 9.37. The molecule has 0 radical (unpaired) electrons. The molecule has 38 heavy (non-hydrogen) atoms. The van der Waals surface area contributed by atoms with Crippen LogP contribution in [-0.4, -0.2) is 9.13 Å². The van der Waals surface area contributed by atoms with E-state index in [1.807, 2.05) is 6.07 Å². The summed E-state index contributed by atoms with van der Waals surface area (Å²) in [7, 11) is 0. The Kier molecular flexibility index (Phi) is 4.47. The van der Waals surface area contributed by atoms with Gasteiger partial charge < -0.3 is 9.13 Å². The van der Waals surface area contributed by atoms with Gasteiger partial charge in [-0.2, -0.15) is 0 Å². The maximum absolute atomic E-state index is 3.33.